The number of nitrogens with one attached hydrogen (secondary N) is 1. The van der Waals surface area contributed by atoms with Gasteiger partial charge in [-0.3, -0.25) is 9.36 Å². The van der Waals surface area contributed by atoms with Crippen LogP contribution < -0.4 is 10.1 Å². The average Bonchev–Trinajstić information content (AvgIpc) is 3.25. The summed E-state index contributed by atoms with van der Waals surface area (Å²) in [5.41, 5.74) is 0.729. The molecule has 2 aliphatic rings. The maximum atomic E-state index is 12.7. The molecule has 1 aromatic carbocycles. The second kappa shape index (κ2) is 6.69. The summed E-state index contributed by atoms with van der Waals surface area (Å²) >= 11 is 0. The zero-order valence-corrected chi connectivity index (χ0v) is 14.8. The fourth-order valence-electron chi connectivity index (χ4n) is 3.52. The topological polar surface area (TPSA) is 106 Å². The molecule has 2 fully saturated rings. The van der Waals surface area contributed by atoms with Crippen LogP contribution in [0.15, 0.2) is 36.9 Å². The van der Waals surface area contributed by atoms with Gasteiger partial charge in [0.25, 0.3) is 5.91 Å². The Labute approximate surface area is 150 Å². The summed E-state index contributed by atoms with van der Waals surface area (Å²) in [7, 11) is -3.11. The minimum absolute atomic E-state index is 0.00764. The van der Waals surface area contributed by atoms with Crippen molar-refractivity contribution in [2.24, 2.45) is 0 Å². The highest BCUT2D eigenvalue weighted by atomic mass is 32.2. The Morgan fingerprint density at radius 2 is 2.00 bits per heavy atom. The number of hydrogen-bond donors (Lipinski definition) is 1. The second-order valence-corrected chi connectivity index (χ2v) is 8.57. The number of aromatic nitrogens is 3. The Kier molecular flexibility index (Phi) is 4.37. The summed E-state index contributed by atoms with van der Waals surface area (Å²) < 4.78 is 31.2. The van der Waals surface area contributed by atoms with Crippen LogP contribution in [0.25, 0.3) is 5.69 Å². The zero-order valence-electron chi connectivity index (χ0n) is 14.0. The van der Waals surface area contributed by atoms with E-state index < -0.39 is 9.84 Å². The van der Waals surface area contributed by atoms with E-state index in [-0.39, 0.29) is 36.1 Å². The van der Waals surface area contributed by atoms with Crippen molar-refractivity contribution in [1.29, 1.82) is 0 Å². The Bertz CT molecular complexity index is 899. The number of amides is 1. The van der Waals surface area contributed by atoms with Crippen LogP contribution in [0.1, 0.15) is 0 Å². The first kappa shape index (κ1) is 17.0. The van der Waals surface area contributed by atoms with E-state index in [4.69, 9.17) is 4.74 Å². The maximum Gasteiger partial charge on any atom is 0.260 e. The number of nitrogens with zero attached hydrogens (tertiary/aromatic N) is 4. The molecule has 0 bridgehead atoms. The number of benzene rings is 1. The number of fused-ring (bicyclic) bond motifs is 1. The number of rotatable bonds is 4. The van der Waals surface area contributed by atoms with E-state index in [2.05, 4.69) is 15.5 Å². The first-order valence-electron chi connectivity index (χ1n) is 8.34. The van der Waals surface area contributed by atoms with E-state index in [1.54, 1.807) is 28.2 Å². The van der Waals surface area contributed by atoms with Crippen LogP contribution in [-0.4, -0.2) is 77.3 Å². The number of hydrogen-bond acceptors (Lipinski definition) is 7. The fourth-order valence-corrected chi connectivity index (χ4v) is 5.47. The SMILES string of the molecule is O=C(COc1ccccc1-n1cnnc1)N1CCN[C@@H]2CS(=O)(=O)C[C@@H]21. The highest BCUT2D eigenvalue weighted by Gasteiger charge is 2.44. The van der Waals surface area contributed by atoms with Gasteiger partial charge >= 0.3 is 0 Å². The molecular formula is C16H19N5O4S. The predicted molar refractivity (Wildman–Crippen MR) is 92.8 cm³/mol. The lowest BCUT2D eigenvalue weighted by Gasteiger charge is -2.37. The third kappa shape index (κ3) is 3.29. The summed E-state index contributed by atoms with van der Waals surface area (Å²) in [5.74, 6) is 0.412. The normalized spacial score (nSPS) is 24.2. The van der Waals surface area contributed by atoms with Crippen LogP contribution in [0.2, 0.25) is 0 Å². The standard InChI is InChI=1S/C16H19N5O4S/c22-16(21-6-5-17-12-8-26(23,24)9-14(12)21)7-25-15-4-2-1-3-13(15)20-10-18-19-11-20/h1-4,10-12,14,17H,5-9H2/t12-,14+/m1/s1. The number of carbonyl (C=O) groups is 1. The van der Waals surface area contributed by atoms with E-state index in [1.165, 1.54) is 0 Å². The predicted octanol–water partition coefficient (Wildman–Crippen LogP) is -0.756. The Morgan fingerprint density at radius 3 is 2.81 bits per heavy atom. The summed E-state index contributed by atoms with van der Waals surface area (Å²) in [6.45, 7) is 0.911. The van der Waals surface area contributed by atoms with Crippen molar-refractivity contribution in [2.45, 2.75) is 12.1 Å². The molecule has 0 saturated carbocycles. The quantitative estimate of drug-likeness (QED) is 0.747. The molecule has 9 nitrogen and oxygen atoms in total. The minimum atomic E-state index is -3.11. The highest BCUT2D eigenvalue weighted by Crippen LogP contribution is 2.24. The van der Waals surface area contributed by atoms with Gasteiger partial charge in [0, 0.05) is 19.1 Å². The van der Waals surface area contributed by atoms with Gasteiger partial charge in [0.15, 0.2) is 16.4 Å². The van der Waals surface area contributed by atoms with Gasteiger partial charge in [-0.1, -0.05) is 12.1 Å². The summed E-state index contributed by atoms with van der Waals surface area (Å²) in [5, 5.41) is 10.7. The molecule has 2 saturated heterocycles. The molecule has 138 valence electrons. The Morgan fingerprint density at radius 1 is 1.23 bits per heavy atom. The second-order valence-electron chi connectivity index (χ2n) is 6.42. The smallest absolute Gasteiger partial charge is 0.260 e. The first-order valence-corrected chi connectivity index (χ1v) is 10.2. The van der Waals surface area contributed by atoms with E-state index >= 15 is 0 Å². The van der Waals surface area contributed by atoms with Gasteiger partial charge in [-0.2, -0.15) is 0 Å². The van der Waals surface area contributed by atoms with Gasteiger partial charge in [-0.05, 0) is 12.1 Å². The van der Waals surface area contributed by atoms with Gasteiger partial charge in [-0.25, -0.2) is 8.42 Å². The van der Waals surface area contributed by atoms with Gasteiger partial charge < -0.3 is 15.0 Å². The van der Waals surface area contributed by atoms with Crippen molar-refractivity contribution in [1.82, 2.24) is 25.0 Å². The molecule has 2 aromatic rings. The molecule has 2 atom stereocenters. The molecule has 0 spiro atoms. The van der Waals surface area contributed by atoms with Gasteiger partial charge in [0.1, 0.15) is 18.4 Å². The number of piperazine rings is 1. The van der Waals surface area contributed by atoms with Crippen molar-refractivity contribution < 1.29 is 17.9 Å². The highest BCUT2D eigenvalue weighted by molar-refractivity contribution is 7.91. The van der Waals surface area contributed by atoms with Crippen molar-refractivity contribution in [3.8, 4) is 11.4 Å². The minimum Gasteiger partial charge on any atom is -0.482 e. The van der Waals surface area contributed by atoms with Crippen molar-refractivity contribution >= 4 is 15.7 Å². The Hall–Kier alpha value is -2.46. The molecule has 1 aromatic heterocycles. The van der Waals surface area contributed by atoms with Crippen molar-refractivity contribution in [3.05, 3.63) is 36.9 Å². The summed E-state index contributed by atoms with van der Waals surface area (Å²) in [4.78, 5) is 14.3. The molecule has 10 heteroatoms. The third-order valence-corrected chi connectivity index (χ3v) is 6.43. The Balaban J connectivity index is 1.47. The van der Waals surface area contributed by atoms with Crippen LogP contribution in [-0.2, 0) is 14.6 Å². The van der Waals surface area contributed by atoms with E-state index in [9.17, 15) is 13.2 Å². The van der Waals surface area contributed by atoms with E-state index in [1.807, 2.05) is 18.2 Å². The number of para-hydroxylation sites is 2. The first-order chi connectivity index (χ1) is 12.5. The molecule has 1 amide bonds. The molecule has 4 rings (SSSR count). The number of sulfone groups is 1. The van der Waals surface area contributed by atoms with Crippen LogP contribution >= 0.6 is 0 Å². The van der Waals surface area contributed by atoms with E-state index in [0.29, 0.717) is 18.8 Å². The monoisotopic (exact) mass is 377 g/mol. The zero-order chi connectivity index (χ0) is 18.1. The molecule has 0 unspecified atom stereocenters. The molecule has 2 aliphatic heterocycles. The van der Waals surface area contributed by atoms with Crippen LogP contribution in [0.4, 0.5) is 0 Å². The van der Waals surface area contributed by atoms with Crippen LogP contribution in [0.3, 0.4) is 0 Å². The van der Waals surface area contributed by atoms with Gasteiger partial charge in [0.05, 0.1) is 23.2 Å². The summed E-state index contributed by atoms with van der Waals surface area (Å²) in [6, 6.07) is 6.77. The molecule has 0 radical (unpaired) electrons. The van der Waals surface area contributed by atoms with Gasteiger partial charge in [-0.15, -0.1) is 10.2 Å². The van der Waals surface area contributed by atoms with Crippen LogP contribution in [0.5, 0.6) is 5.75 Å². The largest absolute Gasteiger partial charge is 0.482 e. The van der Waals surface area contributed by atoms with Crippen molar-refractivity contribution in [2.75, 3.05) is 31.2 Å². The lowest BCUT2D eigenvalue weighted by Crippen LogP contribution is -2.59. The lowest BCUT2D eigenvalue weighted by molar-refractivity contribution is -0.136. The number of carbonyl (C=O) groups excluding carboxylic acids is 1. The maximum absolute atomic E-state index is 12.7. The summed E-state index contributed by atoms with van der Waals surface area (Å²) in [6.07, 6.45) is 3.10. The lowest BCUT2D eigenvalue weighted by atomic mass is 10.1. The fraction of sp³-hybridized carbons (Fsp3) is 0.438. The van der Waals surface area contributed by atoms with Crippen LogP contribution in [0, 0.1) is 0 Å². The molecule has 26 heavy (non-hydrogen) atoms. The van der Waals surface area contributed by atoms with Gasteiger partial charge in [0.2, 0.25) is 0 Å². The van der Waals surface area contributed by atoms with E-state index in [0.717, 1.165) is 5.69 Å². The molecule has 1 N–H and O–H groups in total. The molecule has 3 heterocycles. The third-order valence-electron chi connectivity index (χ3n) is 4.72. The molecular weight excluding hydrogens is 358 g/mol. The number of ether oxygens (including phenoxy) is 1. The van der Waals surface area contributed by atoms with Crippen molar-refractivity contribution in [3.63, 3.8) is 0 Å². The average molecular weight is 377 g/mol. The molecule has 0 aliphatic carbocycles.